The number of fused-ring (bicyclic) bond motifs is 1. The molecule has 1 aliphatic rings. The van der Waals surface area contributed by atoms with Gasteiger partial charge in [0.15, 0.2) is 5.44 Å². The maximum atomic E-state index is 11.9. The Labute approximate surface area is 118 Å². The molecule has 1 heterocycles. The average Bonchev–Trinajstić information content (AvgIpc) is 2.47. The molecule has 0 unspecified atom stereocenters. The highest BCUT2D eigenvalue weighted by atomic mass is 32.2. The van der Waals surface area contributed by atoms with Crippen molar-refractivity contribution >= 4 is 23.4 Å². The highest BCUT2D eigenvalue weighted by Gasteiger charge is 2.28. The van der Waals surface area contributed by atoms with Crippen LogP contribution in [0, 0.1) is 10.1 Å². The maximum absolute atomic E-state index is 11.9. The van der Waals surface area contributed by atoms with E-state index < -0.39 is 10.4 Å². The Balaban J connectivity index is 1.90. The molecule has 0 fully saturated rings. The minimum absolute atomic E-state index is 0.0151. The Bertz CT molecular complexity index is 684. The first-order valence-electron chi connectivity index (χ1n) is 5.86. The highest BCUT2D eigenvalue weighted by molar-refractivity contribution is 7.99. The minimum atomic E-state index is -0.474. The molecule has 1 aliphatic heterocycles. The van der Waals surface area contributed by atoms with E-state index in [9.17, 15) is 14.9 Å². The van der Waals surface area contributed by atoms with Gasteiger partial charge in [0.05, 0.1) is 10.5 Å². The molecule has 0 N–H and O–H groups in total. The smallest absolute Gasteiger partial charge is 0.340 e. The molecule has 0 amide bonds. The number of esters is 1. The number of non-ortho nitro benzene ring substituents is 1. The fourth-order valence-corrected chi connectivity index (χ4v) is 3.02. The Morgan fingerprint density at radius 2 is 1.80 bits per heavy atom. The van der Waals surface area contributed by atoms with Crippen LogP contribution in [-0.2, 0) is 4.74 Å². The van der Waals surface area contributed by atoms with Crippen molar-refractivity contribution in [2.75, 3.05) is 0 Å². The van der Waals surface area contributed by atoms with Gasteiger partial charge in [-0.2, -0.15) is 0 Å². The molecule has 5 nitrogen and oxygen atoms in total. The molecule has 3 rings (SSSR count). The van der Waals surface area contributed by atoms with Crippen molar-refractivity contribution in [1.29, 1.82) is 0 Å². The van der Waals surface area contributed by atoms with E-state index in [4.69, 9.17) is 4.74 Å². The van der Waals surface area contributed by atoms with Gasteiger partial charge in [-0.25, -0.2) is 4.79 Å². The van der Waals surface area contributed by atoms with E-state index >= 15 is 0 Å². The summed E-state index contributed by atoms with van der Waals surface area (Å²) in [6.07, 6.45) is 0. The van der Waals surface area contributed by atoms with E-state index in [1.54, 1.807) is 24.3 Å². The van der Waals surface area contributed by atoms with Crippen molar-refractivity contribution in [3.05, 3.63) is 69.8 Å². The topological polar surface area (TPSA) is 69.4 Å². The van der Waals surface area contributed by atoms with Crippen LogP contribution in [0.3, 0.4) is 0 Å². The monoisotopic (exact) mass is 287 g/mol. The number of carbonyl (C=O) groups is 1. The molecule has 0 radical (unpaired) electrons. The molecular formula is C14H9NO4S. The largest absolute Gasteiger partial charge is 0.442 e. The fraction of sp³-hybridized carbons (Fsp3) is 0.0714. The Morgan fingerprint density at radius 3 is 2.50 bits per heavy atom. The summed E-state index contributed by atoms with van der Waals surface area (Å²) in [6.45, 7) is 0. The van der Waals surface area contributed by atoms with Crippen molar-refractivity contribution in [3.8, 4) is 0 Å². The molecule has 6 heteroatoms. The number of hydrogen-bond donors (Lipinski definition) is 0. The molecule has 100 valence electrons. The predicted molar refractivity (Wildman–Crippen MR) is 73.6 cm³/mol. The molecule has 0 aromatic heterocycles. The number of ether oxygens (including phenoxy) is 1. The summed E-state index contributed by atoms with van der Waals surface area (Å²) in [5.41, 5.74) is 0.818. The quantitative estimate of drug-likeness (QED) is 0.480. The first-order chi connectivity index (χ1) is 9.65. The number of nitrogens with zero attached hydrogens (tertiary/aromatic N) is 1. The Hall–Kier alpha value is -2.34. The summed E-state index contributed by atoms with van der Waals surface area (Å²) in [7, 11) is 0. The lowest BCUT2D eigenvalue weighted by molar-refractivity contribution is -0.384. The number of rotatable bonds is 2. The van der Waals surface area contributed by atoms with Gasteiger partial charge in [0.1, 0.15) is 0 Å². The molecule has 0 saturated heterocycles. The zero-order valence-electron chi connectivity index (χ0n) is 10.2. The third-order valence-electron chi connectivity index (χ3n) is 2.93. The van der Waals surface area contributed by atoms with Crippen molar-refractivity contribution in [2.24, 2.45) is 0 Å². The SMILES string of the molecule is O=C1O[C@H](c2ccc([N+](=O)[O-])cc2)Sc2ccccc21. The summed E-state index contributed by atoms with van der Waals surface area (Å²) in [5, 5.41) is 10.6. The molecule has 2 aromatic carbocycles. The Morgan fingerprint density at radius 1 is 1.10 bits per heavy atom. The van der Waals surface area contributed by atoms with Gasteiger partial charge in [-0.15, -0.1) is 0 Å². The lowest BCUT2D eigenvalue weighted by Gasteiger charge is -2.23. The van der Waals surface area contributed by atoms with Gasteiger partial charge in [-0.3, -0.25) is 10.1 Å². The highest BCUT2D eigenvalue weighted by Crippen LogP contribution is 2.42. The fourth-order valence-electron chi connectivity index (χ4n) is 1.93. The van der Waals surface area contributed by atoms with Gasteiger partial charge in [-0.1, -0.05) is 23.9 Å². The van der Waals surface area contributed by atoms with E-state index in [1.807, 2.05) is 12.1 Å². The third-order valence-corrected chi connectivity index (χ3v) is 4.12. The molecule has 0 bridgehead atoms. The standard InChI is InChI=1S/C14H9NO4S/c16-13-11-3-1-2-4-12(11)20-14(19-13)9-5-7-10(8-6-9)15(17)18/h1-8,14H/t14-/m0/s1. The van der Waals surface area contributed by atoms with Crippen LogP contribution in [0.25, 0.3) is 0 Å². The van der Waals surface area contributed by atoms with Crippen LogP contribution in [0.4, 0.5) is 5.69 Å². The first kappa shape index (κ1) is 12.7. The van der Waals surface area contributed by atoms with E-state index in [1.165, 1.54) is 23.9 Å². The molecule has 0 saturated carbocycles. The van der Waals surface area contributed by atoms with E-state index in [0.29, 0.717) is 5.56 Å². The summed E-state index contributed by atoms with van der Waals surface area (Å²) in [5.74, 6) is -0.372. The summed E-state index contributed by atoms with van der Waals surface area (Å²) in [4.78, 5) is 22.9. The van der Waals surface area contributed by atoms with Gasteiger partial charge in [0, 0.05) is 22.6 Å². The number of benzene rings is 2. The van der Waals surface area contributed by atoms with E-state index in [0.717, 1.165) is 10.5 Å². The lowest BCUT2D eigenvalue weighted by atomic mass is 10.2. The van der Waals surface area contributed by atoms with Crippen LogP contribution in [0.5, 0.6) is 0 Å². The van der Waals surface area contributed by atoms with Gasteiger partial charge in [0.2, 0.25) is 0 Å². The number of cyclic esters (lactones) is 1. The average molecular weight is 287 g/mol. The third kappa shape index (κ3) is 2.25. The van der Waals surface area contributed by atoms with Crippen molar-refractivity contribution in [1.82, 2.24) is 0 Å². The van der Waals surface area contributed by atoms with Crippen LogP contribution >= 0.6 is 11.8 Å². The number of thioether (sulfide) groups is 1. The van der Waals surface area contributed by atoms with E-state index in [2.05, 4.69) is 0 Å². The van der Waals surface area contributed by atoms with E-state index in [-0.39, 0.29) is 11.7 Å². The molecule has 2 aromatic rings. The number of nitro groups is 1. The van der Waals surface area contributed by atoms with Gasteiger partial charge in [0.25, 0.3) is 5.69 Å². The van der Waals surface area contributed by atoms with Crippen LogP contribution in [0.2, 0.25) is 0 Å². The van der Waals surface area contributed by atoms with Crippen LogP contribution < -0.4 is 0 Å². The summed E-state index contributed by atoms with van der Waals surface area (Å²) in [6, 6.07) is 13.3. The normalized spacial score (nSPS) is 17.2. The lowest BCUT2D eigenvalue weighted by Crippen LogP contribution is -2.15. The van der Waals surface area contributed by atoms with Gasteiger partial charge >= 0.3 is 5.97 Å². The van der Waals surface area contributed by atoms with Gasteiger partial charge < -0.3 is 4.74 Å². The zero-order valence-corrected chi connectivity index (χ0v) is 11.0. The second-order valence-electron chi connectivity index (χ2n) is 4.20. The number of nitro benzene ring substituents is 1. The summed E-state index contributed by atoms with van der Waals surface area (Å²) < 4.78 is 5.35. The Kier molecular flexibility index (Phi) is 3.15. The van der Waals surface area contributed by atoms with Crippen LogP contribution in [0.15, 0.2) is 53.4 Å². The number of carbonyl (C=O) groups excluding carboxylic acids is 1. The zero-order chi connectivity index (χ0) is 14.1. The van der Waals surface area contributed by atoms with Crippen molar-refractivity contribution in [2.45, 2.75) is 10.3 Å². The molecule has 0 aliphatic carbocycles. The maximum Gasteiger partial charge on any atom is 0.340 e. The summed E-state index contributed by atoms with van der Waals surface area (Å²) >= 11 is 1.42. The van der Waals surface area contributed by atoms with Crippen LogP contribution in [0.1, 0.15) is 21.4 Å². The second kappa shape index (κ2) is 4.97. The molecular weight excluding hydrogens is 278 g/mol. The van der Waals surface area contributed by atoms with Crippen LogP contribution in [-0.4, -0.2) is 10.9 Å². The minimum Gasteiger partial charge on any atom is -0.442 e. The second-order valence-corrected chi connectivity index (χ2v) is 5.30. The molecule has 0 spiro atoms. The predicted octanol–water partition coefficient (Wildman–Crippen LogP) is 3.56. The van der Waals surface area contributed by atoms with Crippen molar-refractivity contribution in [3.63, 3.8) is 0 Å². The van der Waals surface area contributed by atoms with Crippen molar-refractivity contribution < 1.29 is 14.5 Å². The number of hydrogen-bond acceptors (Lipinski definition) is 5. The first-order valence-corrected chi connectivity index (χ1v) is 6.74. The molecule has 20 heavy (non-hydrogen) atoms. The van der Waals surface area contributed by atoms with Gasteiger partial charge in [-0.05, 0) is 24.3 Å². The molecule has 1 atom stereocenters.